The van der Waals surface area contributed by atoms with Crippen molar-refractivity contribution in [1.82, 2.24) is 5.32 Å². The molecule has 33 heavy (non-hydrogen) atoms. The fourth-order valence-corrected chi connectivity index (χ4v) is 2.98. The second kappa shape index (κ2) is 13.2. The van der Waals surface area contributed by atoms with Crippen molar-refractivity contribution < 1.29 is 24.5 Å². The Kier molecular flexibility index (Phi) is 10.3. The van der Waals surface area contributed by atoms with E-state index in [4.69, 9.17) is 4.74 Å². The molecule has 1 saturated heterocycles. The maximum absolute atomic E-state index is 12.1. The zero-order chi connectivity index (χ0) is 24.1. The Balaban J connectivity index is 2.19. The summed E-state index contributed by atoms with van der Waals surface area (Å²) in [4.78, 5) is 24.0. The maximum Gasteiger partial charge on any atom is 0.243 e. The van der Waals surface area contributed by atoms with E-state index in [0.717, 1.165) is 0 Å². The number of ketones is 1. The lowest BCUT2D eigenvalue weighted by atomic mass is 9.96. The normalized spacial score (nSPS) is 29.3. The Hall–Kier alpha value is -3.48. The van der Waals surface area contributed by atoms with Crippen LogP contribution in [-0.4, -0.2) is 46.3 Å². The number of hydrogen-bond donors (Lipinski definition) is 3. The molecular weight excluding hydrogens is 418 g/mol. The van der Waals surface area contributed by atoms with E-state index in [1.807, 2.05) is 43.4 Å². The topological polar surface area (TPSA) is 95.9 Å². The molecule has 1 amide bonds. The molecule has 0 aliphatic carbocycles. The first-order valence-electron chi connectivity index (χ1n) is 10.8. The summed E-state index contributed by atoms with van der Waals surface area (Å²) in [5.41, 5.74) is -1.20. The molecule has 2 bridgehead atoms. The number of amides is 1. The van der Waals surface area contributed by atoms with Crippen LogP contribution in [0, 0.1) is 5.92 Å². The summed E-state index contributed by atoms with van der Waals surface area (Å²) >= 11 is 0. The van der Waals surface area contributed by atoms with Gasteiger partial charge < -0.3 is 20.3 Å². The van der Waals surface area contributed by atoms with Crippen LogP contribution >= 0.6 is 0 Å². The molecule has 4 unspecified atom stereocenters. The minimum absolute atomic E-state index is 0.00617. The van der Waals surface area contributed by atoms with E-state index in [1.54, 1.807) is 55.5 Å². The van der Waals surface area contributed by atoms with Crippen LogP contribution in [-0.2, 0) is 14.3 Å². The van der Waals surface area contributed by atoms with Gasteiger partial charge in [0.2, 0.25) is 5.91 Å². The summed E-state index contributed by atoms with van der Waals surface area (Å²) in [5, 5.41) is 23.5. The summed E-state index contributed by atoms with van der Waals surface area (Å²) < 4.78 is 5.68. The Bertz CT molecular complexity index is 961. The van der Waals surface area contributed by atoms with Crippen molar-refractivity contribution in [3.05, 3.63) is 109 Å². The van der Waals surface area contributed by atoms with Crippen LogP contribution in [0.4, 0.5) is 0 Å². The molecule has 3 N–H and O–H groups in total. The quantitative estimate of drug-likeness (QED) is 0.528. The number of carbonyl (C=O) groups excluding carboxylic acids is 2. The van der Waals surface area contributed by atoms with E-state index in [1.165, 1.54) is 18.2 Å². The highest BCUT2D eigenvalue weighted by Gasteiger charge is 2.47. The van der Waals surface area contributed by atoms with Crippen molar-refractivity contribution in [2.24, 2.45) is 5.92 Å². The third-order valence-electron chi connectivity index (χ3n) is 4.88. The molecule has 2 rings (SSSR count). The minimum Gasteiger partial charge on any atom is -0.482 e. The van der Waals surface area contributed by atoms with Gasteiger partial charge in [0.15, 0.2) is 11.4 Å². The molecule has 6 nitrogen and oxygen atoms in total. The smallest absolute Gasteiger partial charge is 0.243 e. The molecule has 6 heteroatoms. The molecule has 1 fully saturated rings. The van der Waals surface area contributed by atoms with Crippen LogP contribution in [0.3, 0.4) is 0 Å². The lowest BCUT2D eigenvalue weighted by Gasteiger charge is -2.22. The number of nitrogens with one attached hydrogen (secondary N) is 1. The standard InChI is InChI=1S/C27H31NO5/c1-21-15-11-7-5-3-4-6-8-12-16-22(29)19-23-25(31)26(32)27(2,33-23)18-14-10-9-13-17-24(30)28-20-21/h3-19,21,25-26,31-32H,20H2,1-2H3,(H,28,30). The molecule has 4 atom stereocenters. The number of allylic oxidation sites excluding steroid dienone is 14. The molecular formula is C27H31NO5. The number of ether oxygens (including phenoxy) is 1. The van der Waals surface area contributed by atoms with Gasteiger partial charge in [-0.25, -0.2) is 0 Å². The first-order chi connectivity index (χ1) is 15.8. The van der Waals surface area contributed by atoms with Crippen LogP contribution in [0.15, 0.2) is 109 Å². The molecule has 0 radical (unpaired) electrons. The van der Waals surface area contributed by atoms with Gasteiger partial charge in [0.05, 0.1) is 0 Å². The molecule has 2 aliphatic rings. The van der Waals surface area contributed by atoms with Gasteiger partial charge in [-0.3, -0.25) is 9.59 Å². The number of carbonyl (C=O) groups is 2. The average Bonchev–Trinajstić information content (AvgIpc) is 2.99. The zero-order valence-electron chi connectivity index (χ0n) is 18.9. The van der Waals surface area contributed by atoms with E-state index < -0.39 is 17.8 Å². The Morgan fingerprint density at radius 2 is 1.45 bits per heavy atom. The molecule has 174 valence electrons. The molecule has 0 aromatic carbocycles. The van der Waals surface area contributed by atoms with Gasteiger partial charge in [-0.2, -0.15) is 0 Å². The van der Waals surface area contributed by atoms with Gasteiger partial charge in [0.1, 0.15) is 18.0 Å². The average molecular weight is 450 g/mol. The monoisotopic (exact) mass is 449 g/mol. The van der Waals surface area contributed by atoms with Crippen molar-refractivity contribution in [3.63, 3.8) is 0 Å². The largest absolute Gasteiger partial charge is 0.482 e. The van der Waals surface area contributed by atoms with Crippen molar-refractivity contribution >= 4 is 11.7 Å². The Morgan fingerprint density at radius 1 is 0.879 bits per heavy atom. The van der Waals surface area contributed by atoms with E-state index in [-0.39, 0.29) is 23.4 Å². The molecule has 0 aromatic rings. The zero-order valence-corrected chi connectivity index (χ0v) is 18.9. The maximum atomic E-state index is 12.1. The first-order valence-corrected chi connectivity index (χ1v) is 10.8. The molecule has 2 aliphatic heterocycles. The van der Waals surface area contributed by atoms with Crippen LogP contribution in [0.2, 0.25) is 0 Å². The van der Waals surface area contributed by atoms with Crippen molar-refractivity contribution in [2.75, 3.05) is 6.54 Å². The number of aliphatic hydroxyl groups excluding tert-OH is 2. The van der Waals surface area contributed by atoms with Crippen molar-refractivity contribution in [3.8, 4) is 0 Å². The third-order valence-corrected chi connectivity index (χ3v) is 4.88. The molecule has 2 heterocycles. The predicted octanol–water partition coefficient (Wildman–Crippen LogP) is 3.17. The van der Waals surface area contributed by atoms with E-state index >= 15 is 0 Å². The lowest BCUT2D eigenvalue weighted by molar-refractivity contribution is -0.116. The van der Waals surface area contributed by atoms with E-state index in [2.05, 4.69) is 5.32 Å². The van der Waals surface area contributed by atoms with Crippen LogP contribution in [0.1, 0.15) is 13.8 Å². The molecule has 0 saturated carbocycles. The van der Waals surface area contributed by atoms with Crippen LogP contribution < -0.4 is 5.32 Å². The third kappa shape index (κ3) is 8.88. The molecule has 0 aromatic heterocycles. The summed E-state index contributed by atoms with van der Waals surface area (Å²) in [6.07, 6.45) is 26.0. The van der Waals surface area contributed by atoms with Gasteiger partial charge in [-0.15, -0.1) is 0 Å². The summed E-state index contributed by atoms with van der Waals surface area (Å²) in [6, 6.07) is 0. The van der Waals surface area contributed by atoms with Gasteiger partial charge in [0.25, 0.3) is 0 Å². The van der Waals surface area contributed by atoms with Crippen molar-refractivity contribution in [2.45, 2.75) is 31.7 Å². The SMILES string of the molecule is CC1C=CC=CC=CC=CC=CC(=O)C=C2OC(C)(C=CC=CC=CC(=O)NC1)C(O)C2O. The number of aliphatic hydroxyl groups is 2. The fraction of sp³-hybridized carbons (Fsp3) is 0.259. The fourth-order valence-electron chi connectivity index (χ4n) is 2.98. The summed E-state index contributed by atoms with van der Waals surface area (Å²) in [6.45, 7) is 4.14. The number of hydrogen-bond acceptors (Lipinski definition) is 5. The highest BCUT2D eigenvalue weighted by atomic mass is 16.5. The summed E-state index contributed by atoms with van der Waals surface area (Å²) in [5.74, 6) is -0.381. The Labute approximate surface area is 195 Å². The van der Waals surface area contributed by atoms with Gasteiger partial charge in [-0.05, 0) is 25.0 Å². The van der Waals surface area contributed by atoms with Crippen LogP contribution in [0.25, 0.3) is 0 Å². The van der Waals surface area contributed by atoms with Gasteiger partial charge >= 0.3 is 0 Å². The van der Waals surface area contributed by atoms with Gasteiger partial charge in [0, 0.05) is 18.7 Å². The molecule has 0 spiro atoms. The highest BCUT2D eigenvalue weighted by molar-refractivity contribution is 5.99. The van der Waals surface area contributed by atoms with E-state index in [9.17, 15) is 19.8 Å². The number of rotatable bonds is 0. The minimum atomic E-state index is -1.31. The van der Waals surface area contributed by atoms with E-state index in [0.29, 0.717) is 6.54 Å². The van der Waals surface area contributed by atoms with Crippen LogP contribution in [0.5, 0.6) is 0 Å². The second-order valence-electron chi connectivity index (χ2n) is 7.85. The van der Waals surface area contributed by atoms with Crippen molar-refractivity contribution in [1.29, 1.82) is 0 Å². The first kappa shape index (κ1) is 25.8. The number of fused-ring (bicyclic) bond motifs is 2. The summed E-state index contributed by atoms with van der Waals surface area (Å²) in [7, 11) is 0. The highest BCUT2D eigenvalue weighted by Crippen LogP contribution is 2.34. The predicted molar refractivity (Wildman–Crippen MR) is 130 cm³/mol. The van der Waals surface area contributed by atoms with Gasteiger partial charge in [-0.1, -0.05) is 85.9 Å². The Morgan fingerprint density at radius 3 is 2.15 bits per heavy atom. The lowest BCUT2D eigenvalue weighted by Crippen LogP contribution is -2.38. The second-order valence-corrected chi connectivity index (χ2v) is 7.85.